The van der Waals surface area contributed by atoms with Crippen LogP contribution in [0.1, 0.15) is 26.2 Å². The minimum atomic E-state index is -0.304. The summed E-state index contributed by atoms with van der Waals surface area (Å²) in [5, 5.41) is 16.8. The number of rotatable bonds is 3. The predicted octanol–water partition coefficient (Wildman–Crippen LogP) is -0.690. The number of aliphatic hydroxyl groups excluding tert-OH is 1. The lowest BCUT2D eigenvalue weighted by Gasteiger charge is -2.34. The van der Waals surface area contributed by atoms with Gasteiger partial charge in [0.25, 0.3) is 0 Å². The molecule has 0 saturated carbocycles. The molecule has 0 radical (unpaired) electrons. The van der Waals surface area contributed by atoms with Crippen molar-refractivity contribution in [1.29, 1.82) is 0 Å². The average Bonchev–Trinajstić information content (AvgIpc) is 2.82. The number of nitrogens with one attached hydrogen (secondary N) is 2. The lowest BCUT2D eigenvalue weighted by atomic mass is 10.00. The second kappa shape index (κ2) is 5.80. The Morgan fingerprint density at radius 3 is 2.94 bits per heavy atom. The monoisotopic (exact) mass is 241 g/mol. The number of piperazine rings is 1. The summed E-state index contributed by atoms with van der Waals surface area (Å²) >= 11 is 0. The third-order valence-electron chi connectivity index (χ3n) is 3.79. The molecule has 2 fully saturated rings. The van der Waals surface area contributed by atoms with Crippen LogP contribution in [0.5, 0.6) is 0 Å². The summed E-state index contributed by atoms with van der Waals surface area (Å²) in [4.78, 5) is 13.2. The minimum absolute atomic E-state index is 0.130. The van der Waals surface area contributed by atoms with Gasteiger partial charge in [-0.2, -0.15) is 0 Å². The molecule has 1 amide bonds. The van der Waals surface area contributed by atoms with Crippen LogP contribution in [0, 0.1) is 0 Å². The molecule has 1 unspecified atom stereocenters. The van der Waals surface area contributed by atoms with E-state index in [2.05, 4.69) is 10.6 Å². The molecule has 5 heteroatoms. The molecule has 2 rings (SSSR count). The lowest BCUT2D eigenvalue weighted by molar-refractivity contribution is -0.130. The van der Waals surface area contributed by atoms with Crippen LogP contribution in [-0.2, 0) is 4.79 Å². The molecular weight excluding hydrogens is 218 g/mol. The summed E-state index contributed by atoms with van der Waals surface area (Å²) in [5.74, 6) is 0.130. The third-order valence-corrected chi connectivity index (χ3v) is 3.79. The minimum Gasteiger partial charge on any atom is -0.391 e. The fourth-order valence-corrected chi connectivity index (χ4v) is 2.77. The van der Waals surface area contributed by atoms with E-state index in [1.807, 2.05) is 4.90 Å². The van der Waals surface area contributed by atoms with Crippen molar-refractivity contribution in [3.8, 4) is 0 Å². The van der Waals surface area contributed by atoms with Crippen molar-refractivity contribution in [2.24, 2.45) is 0 Å². The smallest absolute Gasteiger partial charge is 0.219 e. The molecule has 98 valence electrons. The number of aliphatic hydroxyl groups is 1. The highest BCUT2D eigenvalue weighted by Crippen LogP contribution is 2.14. The molecule has 2 aliphatic rings. The molecule has 0 spiro atoms. The van der Waals surface area contributed by atoms with Gasteiger partial charge in [0.15, 0.2) is 0 Å². The van der Waals surface area contributed by atoms with E-state index < -0.39 is 0 Å². The second-order valence-corrected chi connectivity index (χ2v) is 5.12. The van der Waals surface area contributed by atoms with Crippen LogP contribution in [0.2, 0.25) is 0 Å². The van der Waals surface area contributed by atoms with E-state index >= 15 is 0 Å². The number of amides is 1. The number of hydrogen-bond donors (Lipinski definition) is 3. The Hall–Kier alpha value is -0.650. The Morgan fingerprint density at radius 2 is 2.29 bits per heavy atom. The molecule has 0 aromatic carbocycles. The van der Waals surface area contributed by atoms with Crippen molar-refractivity contribution in [3.05, 3.63) is 0 Å². The van der Waals surface area contributed by atoms with E-state index in [-0.39, 0.29) is 24.1 Å². The van der Waals surface area contributed by atoms with Crippen LogP contribution >= 0.6 is 0 Å². The molecule has 0 bridgehead atoms. The predicted molar refractivity (Wildman–Crippen MR) is 65.7 cm³/mol. The summed E-state index contributed by atoms with van der Waals surface area (Å²) in [6, 6.07) is 0.467. The zero-order valence-electron chi connectivity index (χ0n) is 10.5. The van der Waals surface area contributed by atoms with Gasteiger partial charge in [0.2, 0.25) is 5.91 Å². The van der Waals surface area contributed by atoms with Crippen molar-refractivity contribution in [2.45, 2.75) is 44.4 Å². The first kappa shape index (κ1) is 12.8. The van der Waals surface area contributed by atoms with Crippen LogP contribution in [-0.4, -0.2) is 60.3 Å². The van der Waals surface area contributed by atoms with Gasteiger partial charge in [-0.05, 0) is 25.8 Å². The molecule has 2 saturated heterocycles. The molecular formula is C12H23N3O2. The first-order valence-electron chi connectivity index (χ1n) is 6.57. The highest BCUT2D eigenvalue weighted by Gasteiger charge is 2.28. The first-order chi connectivity index (χ1) is 8.16. The van der Waals surface area contributed by atoms with Gasteiger partial charge >= 0.3 is 0 Å². The number of hydrogen-bond acceptors (Lipinski definition) is 4. The fraction of sp³-hybridized carbons (Fsp3) is 0.917. The largest absolute Gasteiger partial charge is 0.391 e. The van der Waals surface area contributed by atoms with E-state index in [1.165, 1.54) is 0 Å². The summed E-state index contributed by atoms with van der Waals surface area (Å²) in [6.45, 7) is 4.95. The maximum Gasteiger partial charge on any atom is 0.219 e. The van der Waals surface area contributed by atoms with Gasteiger partial charge in [0, 0.05) is 38.6 Å². The first-order valence-corrected chi connectivity index (χ1v) is 6.57. The van der Waals surface area contributed by atoms with Crippen LogP contribution in [0.15, 0.2) is 0 Å². The molecule has 17 heavy (non-hydrogen) atoms. The molecule has 5 nitrogen and oxygen atoms in total. The van der Waals surface area contributed by atoms with Gasteiger partial charge in [-0.15, -0.1) is 0 Å². The molecule has 3 N–H and O–H groups in total. The van der Waals surface area contributed by atoms with E-state index in [9.17, 15) is 9.90 Å². The molecule has 0 aliphatic carbocycles. The second-order valence-electron chi connectivity index (χ2n) is 5.12. The van der Waals surface area contributed by atoms with Gasteiger partial charge in [0.1, 0.15) is 0 Å². The number of nitrogens with zero attached hydrogens (tertiary/aromatic N) is 1. The maximum absolute atomic E-state index is 11.3. The maximum atomic E-state index is 11.3. The van der Waals surface area contributed by atoms with Gasteiger partial charge in [-0.25, -0.2) is 0 Å². The van der Waals surface area contributed by atoms with Crippen molar-refractivity contribution in [2.75, 3.05) is 26.2 Å². The van der Waals surface area contributed by atoms with Crippen LogP contribution in [0.3, 0.4) is 0 Å². The lowest BCUT2D eigenvalue weighted by Crippen LogP contribution is -2.54. The summed E-state index contributed by atoms with van der Waals surface area (Å²) in [6.07, 6.45) is 2.63. The van der Waals surface area contributed by atoms with Gasteiger partial charge in [-0.3, -0.25) is 4.79 Å². The molecule has 0 aromatic rings. The highest BCUT2D eigenvalue weighted by molar-refractivity contribution is 5.73. The van der Waals surface area contributed by atoms with E-state index in [1.54, 1.807) is 6.92 Å². The van der Waals surface area contributed by atoms with Crippen molar-refractivity contribution >= 4 is 5.91 Å². The fourth-order valence-electron chi connectivity index (χ4n) is 2.77. The van der Waals surface area contributed by atoms with Gasteiger partial charge in [-0.1, -0.05) is 0 Å². The van der Waals surface area contributed by atoms with Crippen LogP contribution < -0.4 is 10.6 Å². The Labute approximate surface area is 103 Å². The van der Waals surface area contributed by atoms with E-state index in [4.69, 9.17) is 0 Å². The zero-order chi connectivity index (χ0) is 12.3. The Morgan fingerprint density at radius 1 is 1.47 bits per heavy atom. The zero-order valence-corrected chi connectivity index (χ0v) is 10.5. The quantitative estimate of drug-likeness (QED) is 0.612. The van der Waals surface area contributed by atoms with E-state index in [0.29, 0.717) is 0 Å². The summed E-state index contributed by atoms with van der Waals surface area (Å²) < 4.78 is 0. The van der Waals surface area contributed by atoms with Crippen LogP contribution in [0.4, 0.5) is 0 Å². The standard InChI is InChI=1S/C12H23N3O2/c1-9(16)15-6-5-13-10(8-15)7-12(17)11-3-2-4-14-11/h10-14,17H,2-8H2,1H3/t10-,11-,12?/m0/s1. The summed E-state index contributed by atoms with van der Waals surface area (Å²) in [5.41, 5.74) is 0. The molecule has 2 aliphatic heterocycles. The molecule has 0 aromatic heterocycles. The van der Waals surface area contributed by atoms with Gasteiger partial charge in [0.05, 0.1) is 6.10 Å². The number of carbonyl (C=O) groups excluding carboxylic acids is 1. The average molecular weight is 241 g/mol. The Balaban J connectivity index is 1.79. The SMILES string of the molecule is CC(=O)N1CCN[C@@H](CC(O)[C@@H]2CCCN2)C1. The van der Waals surface area contributed by atoms with Gasteiger partial charge < -0.3 is 20.6 Å². The third kappa shape index (κ3) is 3.40. The number of carbonyl (C=O) groups is 1. The molecule has 3 atom stereocenters. The summed E-state index contributed by atoms with van der Waals surface area (Å²) in [7, 11) is 0. The Kier molecular flexibility index (Phi) is 4.36. The molecule has 2 heterocycles. The van der Waals surface area contributed by atoms with E-state index in [0.717, 1.165) is 45.4 Å². The van der Waals surface area contributed by atoms with Crippen molar-refractivity contribution in [3.63, 3.8) is 0 Å². The van der Waals surface area contributed by atoms with Crippen molar-refractivity contribution in [1.82, 2.24) is 15.5 Å². The Bertz CT molecular complexity index is 266. The van der Waals surface area contributed by atoms with Crippen molar-refractivity contribution < 1.29 is 9.90 Å². The normalized spacial score (nSPS) is 31.5. The highest BCUT2D eigenvalue weighted by atomic mass is 16.3. The topological polar surface area (TPSA) is 64.6 Å². The van der Waals surface area contributed by atoms with Crippen LogP contribution in [0.25, 0.3) is 0 Å².